The smallest absolute Gasteiger partial charge is 0.432 e. The van der Waals surface area contributed by atoms with E-state index in [-0.39, 0.29) is 38.4 Å². The van der Waals surface area contributed by atoms with E-state index in [1.165, 1.54) is 6.07 Å². The SMILES string of the molecule is CCC(C(=O)OCc1ccccc1)P(=O)(OCc1cccc(C(=O)OCc2ccccc2)c1)ONC(=O)OCc1ccccc1. The van der Waals surface area contributed by atoms with Crippen LogP contribution in [0.4, 0.5) is 4.79 Å². The molecule has 11 heteroatoms. The lowest BCUT2D eigenvalue weighted by Gasteiger charge is -2.24. The van der Waals surface area contributed by atoms with Crippen LogP contribution in [-0.4, -0.2) is 23.7 Å². The standard InChI is InChI=1S/C34H34NO9P/c1-2-31(33(37)41-23-27-15-8-4-9-16-27)45(39,44-35-34(38)42-24-28-17-10-5-11-18-28)43-25-29-19-12-20-30(21-29)32(36)40-22-26-13-6-3-7-14-26/h3-21,31H,2,22-25H2,1H3,(H,35,38). The number of benzene rings is 4. The molecule has 4 aromatic rings. The fourth-order valence-corrected chi connectivity index (χ4v) is 5.81. The average molecular weight is 632 g/mol. The van der Waals surface area contributed by atoms with E-state index < -0.39 is 31.3 Å². The molecule has 0 aliphatic carbocycles. The molecule has 10 nitrogen and oxygen atoms in total. The number of hydrogen-bond donors (Lipinski definition) is 1. The number of hydroxylamine groups is 1. The summed E-state index contributed by atoms with van der Waals surface area (Å²) in [5, 5.41) is 0. The van der Waals surface area contributed by atoms with Crippen molar-refractivity contribution in [2.75, 3.05) is 0 Å². The number of carbonyl (C=O) groups is 3. The van der Waals surface area contributed by atoms with Crippen LogP contribution in [0.3, 0.4) is 0 Å². The van der Waals surface area contributed by atoms with E-state index in [9.17, 15) is 18.9 Å². The second-order valence-corrected chi connectivity index (χ2v) is 12.0. The summed E-state index contributed by atoms with van der Waals surface area (Å²) in [4.78, 5) is 38.2. The number of nitrogens with one attached hydrogen (secondary N) is 1. The van der Waals surface area contributed by atoms with E-state index in [0.29, 0.717) is 5.56 Å². The monoisotopic (exact) mass is 631 g/mol. The number of carbonyl (C=O) groups excluding carboxylic acids is 3. The van der Waals surface area contributed by atoms with E-state index in [2.05, 4.69) is 0 Å². The summed E-state index contributed by atoms with van der Waals surface area (Å²) >= 11 is 0. The normalized spacial score (nSPS) is 12.7. The van der Waals surface area contributed by atoms with Gasteiger partial charge in [-0.05, 0) is 40.8 Å². The molecule has 0 aliphatic heterocycles. The lowest BCUT2D eigenvalue weighted by atomic mass is 10.1. The van der Waals surface area contributed by atoms with E-state index in [4.69, 9.17) is 23.4 Å². The quantitative estimate of drug-likeness (QED) is 0.0631. The van der Waals surface area contributed by atoms with Gasteiger partial charge < -0.3 is 18.7 Å². The van der Waals surface area contributed by atoms with Crippen LogP contribution < -0.4 is 5.48 Å². The lowest BCUT2D eigenvalue weighted by molar-refractivity contribution is -0.145. The second-order valence-electron chi connectivity index (χ2n) is 9.85. The van der Waals surface area contributed by atoms with Gasteiger partial charge in [-0.3, -0.25) is 9.36 Å². The molecule has 0 aromatic heterocycles. The van der Waals surface area contributed by atoms with Crippen LogP contribution >= 0.6 is 7.60 Å². The average Bonchev–Trinajstić information content (AvgIpc) is 3.09. The van der Waals surface area contributed by atoms with E-state index in [1.54, 1.807) is 73.7 Å². The predicted octanol–water partition coefficient (Wildman–Crippen LogP) is 7.13. The van der Waals surface area contributed by atoms with Crippen LogP contribution in [0.15, 0.2) is 115 Å². The molecule has 0 fully saturated rings. The van der Waals surface area contributed by atoms with Crippen molar-refractivity contribution in [2.24, 2.45) is 0 Å². The maximum absolute atomic E-state index is 14.1. The van der Waals surface area contributed by atoms with Gasteiger partial charge in [0, 0.05) is 0 Å². The van der Waals surface area contributed by atoms with Crippen molar-refractivity contribution in [1.82, 2.24) is 5.48 Å². The predicted molar refractivity (Wildman–Crippen MR) is 166 cm³/mol. The molecule has 1 amide bonds. The number of ether oxygens (including phenoxy) is 3. The Labute approximate surface area is 261 Å². The molecule has 45 heavy (non-hydrogen) atoms. The fraction of sp³-hybridized carbons (Fsp3) is 0.206. The number of amides is 1. The summed E-state index contributed by atoms with van der Waals surface area (Å²) in [5.74, 6) is -1.39. The van der Waals surface area contributed by atoms with Gasteiger partial charge in [-0.1, -0.05) is 110 Å². The van der Waals surface area contributed by atoms with Crippen molar-refractivity contribution < 1.29 is 42.3 Å². The highest BCUT2D eigenvalue weighted by atomic mass is 31.2. The maximum Gasteiger partial charge on any atom is 0.432 e. The molecule has 234 valence electrons. The third kappa shape index (κ3) is 10.4. The van der Waals surface area contributed by atoms with Crippen molar-refractivity contribution in [3.05, 3.63) is 143 Å². The first-order valence-electron chi connectivity index (χ1n) is 14.3. The van der Waals surface area contributed by atoms with Gasteiger partial charge in [0.25, 0.3) is 0 Å². The molecule has 0 spiro atoms. The molecule has 0 aliphatic rings. The molecule has 0 saturated heterocycles. The van der Waals surface area contributed by atoms with Gasteiger partial charge in [0.05, 0.1) is 12.2 Å². The largest absolute Gasteiger partial charge is 0.460 e. The second kappa shape index (κ2) is 16.9. The Morgan fingerprint density at radius 2 is 1.16 bits per heavy atom. The van der Waals surface area contributed by atoms with Gasteiger partial charge >= 0.3 is 25.6 Å². The lowest BCUT2D eigenvalue weighted by Crippen LogP contribution is -2.30. The first-order chi connectivity index (χ1) is 21.9. The molecule has 4 aromatic carbocycles. The number of hydrogen-bond acceptors (Lipinski definition) is 9. The van der Waals surface area contributed by atoms with Crippen LogP contribution in [-0.2, 0) is 59.1 Å². The Kier molecular flexibility index (Phi) is 12.5. The minimum Gasteiger partial charge on any atom is -0.460 e. The molecular formula is C34H34NO9P. The van der Waals surface area contributed by atoms with Crippen LogP contribution in [0.25, 0.3) is 0 Å². The Balaban J connectivity index is 1.43. The topological polar surface area (TPSA) is 126 Å². The minimum absolute atomic E-state index is 0.0114. The van der Waals surface area contributed by atoms with Crippen LogP contribution in [0.2, 0.25) is 0 Å². The molecule has 2 atom stereocenters. The molecule has 0 bridgehead atoms. The van der Waals surface area contributed by atoms with Gasteiger partial charge in [-0.25, -0.2) is 9.59 Å². The van der Waals surface area contributed by atoms with E-state index >= 15 is 0 Å². The highest BCUT2D eigenvalue weighted by molar-refractivity contribution is 7.55. The van der Waals surface area contributed by atoms with Gasteiger partial charge in [0.15, 0.2) is 5.66 Å². The zero-order valence-electron chi connectivity index (χ0n) is 24.7. The Hall–Kier alpha value is -4.76. The summed E-state index contributed by atoms with van der Waals surface area (Å²) in [6, 6.07) is 33.5. The first kappa shape index (κ1) is 33.1. The van der Waals surface area contributed by atoms with Crippen molar-refractivity contribution >= 4 is 25.6 Å². The third-order valence-electron chi connectivity index (χ3n) is 6.52. The third-order valence-corrected chi connectivity index (χ3v) is 8.69. The molecule has 1 N–H and O–H groups in total. The van der Waals surface area contributed by atoms with Crippen molar-refractivity contribution in [3.63, 3.8) is 0 Å². The summed E-state index contributed by atoms with van der Waals surface area (Å²) in [5.41, 5.74) is 3.62. The number of esters is 2. The van der Waals surface area contributed by atoms with E-state index in [1.807, 2.05) is 47.9 Å². The Morgan fingerprint density at radius 1 is 0.644 bits per heavy atom. The zero-order valence-corrected chi connectivity index (χ0v) is 25.6. The van der Waals surface area contributed by atoms with Gasteiger partial charge in [0.1, 0.15) is 19.8 Å². The summed E-state index contributed by atoms with van der Waals surface area (Å²) in [7, 11) is -4.42. The van der Waals surface area contributed by atoms with Crippen molar-refractivity contribution in [2.45, 2.75) is 45.4 Å². The van der Waals surface area contributed by atoms with Crippen molar-refractivity contribution in [1.29, 1.82) is 0 Å². The van der Waals surface area contributed by atoms with Crippen LogP contribution in [0.5, 0.6) is 0 Å². The highest BCUT2D eigenvalue weighted by Crippen LogP contribution is 2.54. The first-order valence-corrected chi connectivity index (χ1v) is 15.9. The molecule has 2 unspecified atom stereocenters. The molecule has 0 saturated carbocycles. The molecule has 4 rings (SSSR count). The number of rotatable bonds is 15. The summed E-state index contributed by atoms with van der Waals surface area (Å²) in [6.45, 7) is 1.27. The van der Waals surface area contributed by atoms with Crippen LogP contribution in [0, 0.1) is 0 Å². The van der Waals surface area contributed by atoms with Gasteiger partial charge in [-0.15, -0.1) is 0 Å². The zero-order chi connectivity index (χ0) is 31.9. The summed E-state index contributed by atoms with van der Waals surface area (Å²) < 4.78 is 41.1. The molecular weight excluding hydrogens is 597 g/mol. The van der Waals surface area contributed by atoms with E-state index in [0.717, 1.165) is 16.7 Å². The van der Waals surface area contributed by atoms with Gasteiger partial charge in [0.2, 0.25) is 0 Å². The molecule has 0 heterocycles. The summed E-state index contributed by atoms with van der Waals surface area (Å²) in [6.07, 6.45) is -1.02. The van der Waals surface area contributed by atoms with Crippen LogP contribution in [0.1, 0.15) is 46.0 Å². The Bertz CT molecular complexity index is 1580. The van der Waals surface area contributed by atoms with Crippen molar-refractivity contribution in [3.8, 4) is 0 Å². The maximum atomic E-state index is 14.1. The fourth-order valence-electron chi connectivity index (χ4n) is 4.14. The Morgan fingerprint density at radius 3 is 1.71 bits per heavy atom. The highest BCUT2D eigenvalue weighted by Gasteiger charge is 2.43. The minimum atomic E-state index is -4.42. The van der Waals surface area contributed by atoms with Gasteiger partial charge in [-0.2, -0.15) is 10.1 Å². The molecule has 0 radical (unpaired) electrons.